The summed E-state index contributed by atoms with van der Waals surface area (Å²) in [7, 11) is 0. The third-order valence-corrected chi connectivity index (χ3v) is 4.08. The Morgan fingerprint density at radius 1 is 0.824 bits per heavy atom. The Kier molecular flexibility index (Phi) is 8.54. The van der Waals surface area contributed by atoms with Crippen molar-refractivity contribution >= 4 is 34.8 Å². The van der Waals surface area contributed by atoms with Gasteiger partial charge in [0.05, 0.1) is 0 Å². The molecule has 0 radical (unpaired) electrons. The summed E-state index contributed by atoms with van der Waals surface area (Å²) in [6.45, 7) is 8.68. The van der Waals surface area contributed by atoms with Gasteiger partial charge in [0.25, 0.3) is 0 Å². The summed E-state index contributed by atoms with van der Waals surface area (Å²) < 4.78 is -1.14. The highest BCUT2D eigenvalue weighted by Crippen LogP contribution is 2.47. The van der Waals surface area contributed by atoms with Crippen molar-refractivity contribution in [2.75, 3.05) is 0 Å². The fraction of sp³-hybridized carbons (Fsp3) is 1.00. The standard InChI is InChI=1S/C14H27Cl3/c1-5-6-7-8-9-10-11-12(13(2,3)4)14(15,16)17/h12H,5-11H2,1-4H3. The number of hydrogen-bond donors (Lipinski definition) is 0. The van der Waals surface area contributed by atoms with Gasteiger partial charge >= 0.3 is 0 Å². The molecule has 0 nitrogen and oxygen atoms in total. The molecule has 0 aromatic rings. The zero-order valence-electron chi connectivity index (χ0n) is 11.7. The Bertz CT molecular complexity index is 175. The topological polar surface area (TPSA) is 0 Å². The van der Waals surface area contributed by atoms with Crippen molar-refractivity contribution < 1.29 is 0 Å². The van der Waals surface area contributed by atoms with E-state index in [9.17, 15) is 0 Å². The minimum atomic E-state index is -1.14. The van der Waals surface area contributed by atoms with Crippen molar-refractivity contribution in [3.63, 3.8) is 0 Å². The molecule has 0 spiro atoms. The molecule has 0 heterocycles. The van der Waals surface area contributed by atoms with Gasteiger partial charge < -0.3 is 0 Å². The summed E-state index contributed by atoms with van der Waals surface area (Å²) in [5.74, 6) is 0.131. The fourth-order valence-electron chi connectivity index (χ4n) is 2.22. The van der Waals surface area contributed by atoms with Crippen molar-refractivity contribution in [3.05, 3.63) is 0 Å². The lowest BCUT2D eigenvalue weighted by atomic mass is 9.78. The van der Waals surface area contributed by atoms with Crippen LogP contribution in [-0.4, -0.2) is 3.79 Å². The lowest BCUT2D eigenvalue weighted by Gasteiger charge is -2.36. The number of rotatable bonds is 7. The molecule has 0 N–H and O–H groups in total. The van der Waals surface area contributed by atoms with Gasteiger partial charge in [-0.2, -0.15) is 0 Å². The highest BCUT2D eigenvalue weighted by Gasteiger charge is 2.40. The van der Waals surface area contributed by atoms with E-state index in [-0.39, 0.29) is 11.3 Å². The van der Waals surface area contributed by atoms with Gasteiger partial charge in [-0.05, 0) is 11.8 Å². The minimum absolute atomic E-state index is 0.0503. The third kappa shape index (κ3) is 8.56. The Morgan fingerprint density at radius 3 is 1.71 bits per heavy atom. The van der Waals surface area contributed by atoms with Gasteiger partial charge in [0, 0.05) is 5.92 Å². The molecule has 104 valence electrons. The molecule has 0 saturated heterocycles. The van der Waals surface area contributed by atoms with E-state index in [1.807, 2.05) is 0 Å². The lowest BCUT2D eigenvalue weighted by molar-refractivity contribution is 0.223. The first-order valence-corrected chi connectivity index (χ1v) is 7.89. The molecule has 0 aromatic heterocycles. The van der Waals surface area contributed by atoms with E-state index in [1.165, 1.54) is 38.5 Å². The number of halogens is 3. The van der Waals surface area contributed by atoms with Crippen LogP contribution in [0, 0.1) is 11.3 Å². The van der Waals surface area contributed by atoms with Crippen LogP contribution in [0.5, 0.6) is 0 Å². The van der Waals surface area contributed by atoms with E-state index < -0.39 is 3.79 Å². The van der Waals surface area contributed by atoms with E-state index >= 15 is 0 Å². The van der Waals surface area contributed by atoms with E-state index in [2.05, 4.69) is 27.7 Å². The van der Waals surface area contributed by atoms with E-state index in [1.54, 1.807) is 0 Å². The predicted octanol–water partition coefficient (Wildman–Crippen LogP) is 6.77. The monoisotopic (exact) mass is 300 g/mol. The molecule has 0 amide bonds. The van der Waals surface area contributed by atoms with Crippen LogP contribution in [0.2, 0.25) is 0 Å². The molecule has 0 aliphatic heterocycles. The largest absolute Gasteiger partial charge is 0.193 e. The average molecular weight is 302 g/mol. The Morgan fingerprint density at radius 2 is 1.29 bits per heavy atom. The lowest BCUT2D eigenvalue weighted by Crippen LogP contribution is -2.32. The van der Waals surface area contributed by atoms with Gasteiger partial charge in [-0.25, -0.2) is 0 Å². The van der Waals surface area contributed by atoms with Crippen LogP contribution in [0.25, 0.3) is 0 Å². The van der Waals surface area contributed by atoms with E-state index in [0.29, 0.717) is 0 Å². The molecule has 1 unspecified atom stereocenters. The van der Waals surface area contributed by atoms with Crippen molar-refractivity contribution in [1.82, 2.24) is 0 Å². The van der Waals surface area contributed by atoms with Crippen LogP contribution in [0.1, 0.15) is 72.6 Å². The van der Waals surface area contributed by atoms with Crippen molar-refractivity contribution in [2.45, 2.75) is 76.4 Å². The van der Waals surface area contributed by atoms with Gasteiger partial charge in [-0.1, -0.05) is 101 Å². The zero-order valence-corrected chi connectivity index (χ0v) is 13.9. The first-order chi connectivity index (χ1) is 7.69. The zero-order chi connectivity index (χ0) is 13.5. The highest BCUT2D eigenvalue weighted by atomic mass is 35.6. The first-order valence-electron chi connectivity index (χ1n) is 6.76. The molecule has 0 aromatic carbocycles. The molecule has 3 heteroatoms. The van der Waals surface area contributed by atoms with Gasteiger partial charge in [0.1, 0.15) is 0 Å². The molecule has 0 rings (SSSR count). The summed E-state index contributed by atoms with van der Waals surface area (Å²) in [5.41, 5.74) is 0.0503. The summed E-state index contributed by atoms with van der Waals surface area (Å²) in [6.07, 6.45) is 8.71. The predicted molar refractivity (Wildman–Crippen MR) is 81.2 cm³/mol. The normalized spacial score (nSPS) is 15.0. The van der Waals surface area contributed by atoms with Crippen LogP contribution >= 0.6 is 34.8 Å². The molecule has 17 heavy (non-hydrogen) atoms. The molecule has 0 saturated carbocycles. The fourth-order valence-corrected chi connectivity index (χ4v) is 3.53. The second-order valence-corrected chi connectivity index (χ2v) is 8.39. The van der Waals surface area contributed by atoms with Crippen LogP contribution in [0.4, 0.5) is 0 Å². The van der Waals surface area contributed by atoms with Gasteiger partial charge in [-0.3, -0.25) is 0 Å². The summed E-state index contributed by atoms with van der Waals surface area (Å²) in [6, 6.07) is 0. The van der Waals surface area contributed by atoms with E-state index in [4.69, 9.17) is 34.8 Å². The molecule has 0 aliphatic carbocycles. The quantitative estimate of drug-likeness (QED) is 0.359. The maximum atomic E-state index is 6.08. The average Bonchev–Trinajstić information content (AvgIpc) is 2.12. The SMILES string of the molecule is CCCCCCCCC(C(C)(C)C)C(Cl)(Cl)Cl. The minimum Gasteiger partial charge on any atom is -0.0834 e. The highest BCUT2D eigenvalue weighted by molar-refractivity contribution is 6.67. The van der Waals surface area contributed by atoms with Gasteiger partial charge in [0.2, 0.25) is 0 Å². The molecule has 0 bridgehead atoms. The number of hydrogen-bond acceptors (Lipinski definition) is 0. The van der Waals surface area contributed by atoms with Crippen LogP contribution < -0.4 is 0 Å². The Balaban J connectivity index is 3.95. The van der Waals surface area contributed by atoms with Gasteiger partial charge in [0.15, 0.2) is 3.79 Å². The summed E-state index contributed by atoms with van der Waals surface area (Å²) >= 11 is 18.2. The van der Waals surface area contributed by atoms with Gasteiger partial charge in [-0.15, -0.1) is 0 Å². The van der Waals surface area contributed by atoms with Crippen LogP contribution in [-0.2, 0) is 0 Å². The Labute approximate surface area is 122 Å². The van der Waals surface area contributed by atoms with Crippen molar-refractivity contribution in [1.29, 1.82) is 0 Å². The maximum absolute atomic E-state index is 6.08. The summed E-state index contributed by atoms with van der Waals surface area (Å²) in [5, 5.41) is 0. The van der Waals surface area contributed by atoms with Crippen molar-refractivity contribution in [2.24, 2.45) is 11.3 Å². The molecule has 0 fully saturated rings. The van der Waals surface area contributed by atoms with Crippen molar-refractivity contribution in [3.8, 4) is 0 Å². The first kappa shape index (κ1) is 17.9. The second-order valence-electron chi connectivity index (χ2n) is 6.02. The number of unbranched alkanes of at least 4 members (excludes halogenated alkanes) is 5. The molecule has 1 atom stereocenters. The van der Waals surface area contributed by atoms with Crippen LogP contribution in [0.3, 0.4) is 0 Å². The summed E-state index contributed by atoms with van der Waals surface area (Å²) in [4.78, 5) is 0. The van der Waals surface area contributed by atoms with Crippen LogP contribution in [0.15, 0.2) is 0 Å². The maximum Gasteiger partial charge on any atom is 0.193 e. The Hall–Kier alpha value is 0.870. The second kappa shape index (κ2) is 8.12. The molecular weight excluding hydrogens is 275 g/mol. The smallest absolute Gasteiger partial charge is 0.0834 e. The number of alkyl halides is 3. The third-order valence-electron chi connectivity index (χ3n) is 3.29. The van der Waals surface area contributed by atoms with E-state index in [0.717, 1.165) is 6.42 Å². The molecule has 0 aliphatic rings. The molecular formula is C14H27Cl3.